The van der Waals surface area contributed by atoms with Crippen LogP contribution in [0.2, 0.25) is 0 Å². The molecule has 1 aliphatic carbocycles. The lowest BCUT2D eigenvalue weighted by Gasteiger charge is -2.11. The maximum absolute atomic E-state index is 12.0. The molecule has 0 saturated heterocycles. The van der Waals surface area contributed by atoms with Crippen LogP contribution in [0, 0.1) is 18.8 Å². The van der Waals surface area contributed by atoms with Gasteiger partial charge in [-0.1, -0.05) is 0 Å². The van der Waals surface area contributed by atoms with Gasteiger partial charge in [-0.3, -0.25) is 14.6 Å². The van der Waals surface area contributed by atoms with Crippen LogP contribution in [0.25, 0.3) is 0 Å². The lowest BCUT2D eigenvalue weighted by atomic mass is 10.0. The van der Waals surface area contributed by atoms with Crippen LogP contribution in [0.4, 0.5) is 0 Å². The molecule has 19 heavy (non-hydrogen) atoms. The number of carboxylic acids is 1. The molecule has 1 aliphatic rings. The van der Waals surface area contributed by atoms with E-state index in [1.807, 2.05) is 13.0 Å². The van der Waals surface area contributed by atoms with E-state index in [1.165, 1.54) is 0 Å². The Labute approximate surface area is 112 Å². The number of carboxylic acid groups (broad SMARTS) is 1. The molecule has 1 fully saturated rings. The van der Waals surface area contributed by atoms with Gasteiger partial charge in [-0.15, -0.1) is 0 Å². The molecule has 0 aliphatic heterocycles. The largest absolute Gasteiger partial charge is 0.481 e. The molecular formula is C14H18N2O3. The summed E-state index contributed by atoms with van der Waals surface area (Å²) in [4.78, 5) is 26.8. The van der Waals surface area contributed by atoms with Gasteiger partial charge in [0, 0.05) is 24.9 Å². The van der Waals surface area contributed by atoms with Crippen molar-refractivity contribution >= 4 is 11.9 Å². The predicted octanol–water partition coefficient (Wildman–Crippen LogP) is 1.51. The van der Waals surface area contributed by atoms with Crippen LogP contribution in [0.1, 0.15) is 30.4 Å². The lowest BCUT2D eigenvalue weighted by molar-refractivity contribution is -0.141. The Balaban J connectivity index is 1.86. The van der Waals surface area contributed by atoms with Crippen molar-refractivity contribution in [2.45, 2.75) is 32.7 Å². The molecule has 0 unspecified atom stereocenters. The molecule has 0 bridgehead atoms. The third-order valence-electron chi connectivity index (χ3n) is 3.74. The summed E-state index contributed by atoms with van der Waals surface area (Å²) in [5.41, 5.74) is 2.08. The molecule has 2 rings (SSSR count). The van der Waals surface area contributed by atoms with E-state index < -0.39 is 5.97 Å². The Morgan fingerprint density at radius 1 is 1.42 bits per heavy atom. The molecule has 1 amide bonds. The molecule has 0 radical (unpaired) electrons. The Morgan fingerprint density at radius 3 is 2.79 bits per heavy atom. The van der Waals surface area contributed by atoms with Gasteiger partial charge in [-0.2, -0.15) is 0 Å². The van der Waals surface area contributed by atoms with E-state index in [0.29, 0.717) is 25.8 Å². The zero-order chi connectivity index (χ0) is 13.8. The number of nitrogens with zero attached hydrogens (tertiary/aromatic N) is 1. The van der Waals surface area contributed by atoms with Gasteiger partial charge < -0.3 is 10.4 Å². The van der Waals surface area contributed by atoms with Gasteiger partial charge in [-0.25, -0.2) is 0 Å². The summed E-state index contributed by atoms with van der Waals surface area (Å²) in [7, 11) is 0. The summed E-state index contributed by atoms with van der Waals surface area (Å²) in [5.74, 6) is -1.36. The number of pyridine rings is 1. The number of carbonyl (C=O) groups is 2. The summed E-state index contributed by atoms with van der Waals surface area (Å²) < 4.78 is 0. The fraction of sp³-hybridized carbons (Fsp3) is 0.500. The highest BCUT2D eigenvalue weighted by molar-refractivity contribution is 5.80. The van der Waals surface area contributed by atoms with E-state index in [0.717, 1.165) is 11.1 Å². The molecule has 1 aromatic heterocycles. The first-order chi connectivity index (χ1) is 9.08. The second-order valence-corrected chi connectivity index (χ2v) is 5.07. The molecule has 5 heteroatoms. The average molecular weight is 262 g/mol. The molecule has 102 valence electrons. The third-order valence-corrected chi connectivity index (χ3v) is 3.74. The molecule has 5 nitrogen and oxygen atoms in total. The van der Waals surface area contributed by atoms with Crippen LogP contribution >= 0.6 is 0 Å². The Morgan fingerprint density at radius 2 is 2.16 bits per heavy atom. The van der Waals surface area contributed by atoms with E-state index in [2.05, 4.69) is 10.3 Å². The summed E-state index contributed by atoms with van der Waals surface area (Å²) in [6.45, 7) is 2.42. The van der Waals surface area contributed by atoms with Gasteiger partial charge in [0.2, 0.25) is 5.91 Å². The SMILES string of the molecule is Cc1cnccc1CNC(=O)[C@@H]1CC[C@H](C(=O)O)C1. The molecule has 2 N–H and O–H groups in total. The monoisotopic (exact) mass is 262 g/mol. The topological polar surface area (TPSA) is 79.3 Å². The summed E-state index contributed by atoms with van der Waals surface area (Å²) in [6.07, 6.45) is 5.18. The maximum Gasteiger partial charge on any atom is 0.306 e. The van der Waals surface area contributed by atoms with Gasteiger partial charge in [0.1, 0.15) is 0 Å². The number of nitrogens with one attached hydrogen (secondary N) is 1. The number of aryl methyl sites for hydroxylation is 1. The molecule has 0 spiro atoms. The van der Waals surface area contributed by atoms with Gasteiger partial charge in [-0.05, 0) is 43.4 Å². The number of carbonyl (C=O) groups excluding carboxylic acids is 1. The van der Waals surface area contributed by atoms with Gasteiger partial charge >= 0.3 is 5.97 Å². The van der Waals surface area contributed by atoms with E-state index in [4.69, 9.17) is 5.11 Å². The molecule has 0 aromatic carbocycles. The molecule has 2 atom stereocenters. The lowest BCUT2D eigenvalue weighted by Crippen LogP contribution is -2.29. The predicted molar refractivity (Wildman–Crippen MR) is 69.3 cm³/mol. The quantitative estimate of drug-likeness (QED) is 0.862. The van der Waals surface area contributed by atoms with E-state index in [9.17, 15) is 9.59 Å². The van der Waals surface area contributed by atoms with Crippen molar-refractivity contribution in [3.63, 3.8) is 0 Å². The number of aliphatic carboxylic acids is 1. The van der Waals surface area contributed by atoms with Crippen molar-refractivity contribution in [1.29, 1.82) is 0 Å². The standard InChI is InChI=1S/C14H18N2O3/c1-9-7-15-5-4-12(9)8-16-13(17)10-2-3-11(6-10)14(18)19/h4-5,7,10-11H,2-3,6,8H2,1H3,(H,16,17)(H,18,19)/t10-,11+/m1/s1. The fourth-order valence-corrected chi connectivity index (χ4v) is 2.47. The molecule has 1 heterocycles. The number of hydrogen-bond acceptors (Lipinski definition) is 3. The zero-order valence-corrected chi connectivity index (χ0v) is 10.9. The molecule has 1 aromatic rings. The first-order valence-corrected chi connectivity index (χ1v) is 6.48. The third kappa shape index (κ3) is 3.30. The number of hydrogen-bond donors (Lipinski definition) is 2. The minimum atomic E-state index is -0.791. The van der Waals surface area contributed by atoms with Crippen molar-refractivity contribution in [3.05, 3.63) is 29.6 Å². The number of amides is 1. The molecular weight excluding hydrogens is 244 g/mol. The van der Waals surface area contributed by atoms with Crippen LogP contribution < -0.4 is 5.32 Å². The van der Waals surface area contributed by atoms with E-state index >= 15 is 0 Å². The second-order valence-electron chi connectivity index (χ2n) is 5.07. The van der Waals surface area contributed by atoms with Gasteiger partial charge in [0.25, 0.3) is 0 Å². The van der Waals surface area contributed by atoms with Crippen molar-refractivity contribution in [2.24, 2.45) is 11.8 Å². The van der Waals surface area contributed by atoms with Crippen LogP contribution in [0.15, 0.2) is 18.5 Å². The van der Waals surface area contributed by atoms with Gasteiger partial charge in [0.05, 0.1) is 5.92 Å². The van der Waals surface area contributed by atoms with Crippen LogP contribution in [-0.4, -0.2) is 22.0 Å². The minimum Gasteiger partial charge on any atom is -0.481 e. The van der Waals surface area contributed by atoms with E-state index in [1.54, 1.807) is 12.4 Å². The highest BCUT2D eigenvalue weighted by Crippen LogP contribution is 2.31. The summed E-state index contributed by atoms with van der Waals surface area (Å²) in [5, 5.41) is 11.8. The first kappa shape index (κ1) is 13.5. The van der Waals surface area contributed by atoms with Gasteiger partial charge in [0.15, 0.2) is 0 Å². The maximum atomic E-state index is 12.0. The Hall–Kier alpha value is -1.91. The fourth-order valence-electron chi connectivity index (χ4n) is 2.47. The first-order valence-electron chi connectivity index (χ1n) is 6.48. The average Bonchev–Trinajstić information content (AvgIpc) is 2.87. The Kier molecular flexibility index (Phi) is 4.14. The smallest absolute Gasteiger partial charge is 0.306 e. The highest BCUT2D eigenvalue weighted by atomic mass is 16.4. The van der Waals surface area contributed by atoms with Crippen LogP contribution in [0.5, 0.6) is 0 Å². The van der Waals surface area contributed by atoms with Crippen LogP contribution in [-0.2, 0) is 16.1 Å². The van der Waals surface area contributed by atoms with Crippen molar-refractivity contribution < 1.29 is 14.7 Å². The van der Waals surface area contributed by atoms with Crippen molar-refractivity contribution in [3.8, 4) is 0 Å². The summed E-state index contributed by atoms with van der Waals surface area (Å²) in [6, 6.07) is 1.88. The number of rotatable bonds is 4. The summed E-state index contributed by atoms with van der Waals surface area (Å²) >= 11 is 0. The Bertz CT molecular complexity index is 487. The number of aromatic nitrogens is 1. The zero-order valence-electron chi connectivity index (χ0n) is 10.9. The minimum absolute atomic E-state index is 0.0417. The second kappa shape index (κ2) is 5.82. The van der Waals surface area contributed by atoms with Crippen molar-refractivity contribution in [1.82, 2.24) is 10.3 Å². The van der Waals surface area contributed by atoms with Crippen LogP contribution in [0.3, 0.4) is 0 Å². The van der Waals surface area contributed by atoms with E-state index in [-0.39, 0.29) is 17.7 Å². The highest BCUT2D eigenvalue weighted by Gasteiger charge is 2.33. The normalized spacial score (nSPS) is 22.2. The molecule has 1 saturated carbocycles. The van der Waals surface area contributed by atoms with Crippen molar-refractivity contribution in [2.75, 3.05) is 0 Å².